The standard InChI is InChI=1S/C11H10O4/c1-3-6-15-8-4-5-10(14-2)9(7-8)11(12)13/h1,4-5,7H,6H2,2H3,(H,12,13). The van der Waals surface area contributed by atoms with Gasteiger partial charge in [0.1, 0.15) is 23.7 Å². The number of ether oxygens (including phenoxy) is 2. The van der Waals surface area contributed by atoms with Crippen molar-refractivity contribution in [3.8, 4) is 23.8 Å². The van der Waals surface area contributed by atoms with Crippen molar-refractivity contribution >= 4 is 5.97 Å². The Morgan fingerprint density at radius 2 is 2.33 bits per heavy atom. The topological polar surface area (TPSA) is 55.8 Å². The minimum Gasteiger partial charge on any atom is -0.496 e. The number of aromatic carboxylic acids is 1. The number of methoxy groups -OCH3 is 1. The second-order valence-electron chi connectivity index (χ2n) is 2.66. The molecule has 0 aromatic heterocycles. The number of terminal acetylenes is 1. The number of carboxylic acids is 1. The SMILES string of the molecule is C#CCOc1ccc(OC)c(C(=O)O)c1. The van der Waals surface area contributed by atoms with Gasteiger partial charge in [0.2, 0.25) is 0 Å². The maximum absolute atomic E-state index is 10.8. The fraction of sp³-hybridized carbons (Fsp3) is 0.182. The fourth-order valence-corrected chi connectivity index (χ4v) is 1.07. The van der Waals surface area contributed by atoms with Crippen LogP contribution in [0, 0.1) is 12.3 Å². The van der Waals surface area contributed by atoms with E-state index in [1.54, 1.807) is 6.07 Å². The molecule has 0 saturated carbocycles. The van der Waals surface area contributed by atoms with Gasteiger partial charge in [-0.2, -0.15) is 0 Å². The Labute approximate surface area is 87.4 Å². The molecule has 0 spiro atoms. The normalized spacial score (nSPS) is 9.07. The maximum atomic E-state index is 10.8. The van der Waals surface area contributed by atoms with Crippen molar-refractivity contribution in [3.63, 3.8) is 0 Å². The summed E-state index contributed by atoms with van der Waals surface area (Å²) in [5, 5.41) is 8.87. The molecule has 0 heterocycles. The highest BCUT2D eigenvalue weighted by atomic mass is 16.5. The van der Waals surface area contributed by atoms with Crippen LogP contribution in [-0.2, 0) is 0 Å². The molecule has 4 heteroatoms. The molecule has 1 N–H and O–H groups in total. The molecule has 0 aliphatic rings. The van der Waals surface area contributed by atoms with Gasteiger partial charge in [-0.1, -0.05) is 5.92 Å². The summed E-state index contributed by atoms with van der Waals surface area (Å²) in [4.78, 5) is 10.8. The first-order valence-corrected chi connectivity index (χ1v) is 4.16. The summed E-state index contributed by atoms with van der Waals surface area (Å²) in [6.45, 7) is 0.103. The quantitative estimate of drug-likeness (QED) is 0.756. The van der Waals surface area contributed by atoms with Crippen LogP contribution in [0.25, 0.3) is 0 Å². The molecule has 0 radical (unpaired) electrons. The van der Waals surface area contributed by atoms with E-state index in [4.69, 9.17) is 21.0 Å². The van der Waals surface area contributed by atoms with Crippen molar-refractivity contribution in [2.45, 2.75) is 0 Å². The van der Waals surface area contributed by atoms with Gasteiger partial charge in [0, 0.05) is 0 Å². The van der Waals surface area contributed by atoms with Gasteiger partial charge in [0.25, 0.3) is 0 Å². The van der Waals surface area contributed by atoms with Crippen LogP contribution in [0.15, 0.2) is 18.2 Å². The zero-order valence-electron chi connectivity index (χ0n) is 8.19. The average molecular weight is 206 g/mol. The van der Waals surface area contributed by atoms with Crippen molar-refractivity contribution in [2.24, 2.45) is 0 Å². The van der Waals surface area contributed by atoms with Crippen LogP contribution in [0.2, 0.25) is 0 Å². The molecule has 78 valence electrons. The summed E-state index contributed by atoms with van der Waals surface area (Å²) in [6, 6.07) is 4.50. The number of carbonyl (C=O) groups is 1. The van der Waals surface area contributed by atoms with E-state index in [1.165, 1.54) is 19.2 Å². The van der Waals surface area contributed by atoms with Crippen molar-refractivity contribution < 1.29 is 19.4 Å². The Kier molecular flexibility index (Phi) is 3.58. The lowest BCUT2D eigenvalue weighted by Gasteiger charge is -2.07. The predicted octanol–water partition coefficient (Wildman–Crippen LogP) is 1.41. The summed E-state index contributed by atoms with van der Waals surface area (Å²) in [7, 11) is 1.41. The van der Waals surface area contributed by atoms with Gasteiger partial charge < -0.3 is 14.6 Å². The van der Waals surface area contributed by atoms with Gasteiger partial charge in [-0.05, 0) is 18.2 Å². The molecule has 0 aliphatic carbocycles. The Bertz CT molecular complexity index is 404. The minimum absolute atomic E-state index is 0.0482. The lowest BCUT2D eigenvalue weighted by atomic mass is 10.2. The lowest BCUT2D eigenvalue weighted by Crippen LogP contribution is -2.02. The molecular formula is C11H10O4. The van der Waals surface area contributed by atoms with Crippen LogP contribution in [0.1, 0.15) is 10.4 Å². The second-order valence-corrected chi connectivity index (χ2v) is 2.66. The molecule has 0 fully saturated rings. The van der Waals surface area contributed by atoms with Crippen LogP contribution >= 0.6 is 0 Å². The molecule has 0 unspecified atom stereocenters. The van der Waals surface area contributed by atoms with Gasteiger partial charge in [-0.3, -0.25) is 0 Å². The van der Waals surface area contributed by atoms with E-state index < -0.39 is 5.97 Å². The third-order valence-corrected chi connectivity index (χ3v) is 1.72. The predicted molar refractivity (Wildman–Crippen MR) is 54.3 cm³/mol. The highest BCUT2D eigenvalue weighted by Gasteiger charge is 2.11. The summed E-state index contributed by atoms with van der Waals surface area (Å²) in [5.41, 5.74) is 0.0482. The monoisotopic (exact) mass is 206 g/mol. The second kappa shape index (κ2) is 4.91. The van der Waals surface area contributed by atoms with Crippen LogP contribution in [0.4, 0.5) is 0 Å². The molecule has 0 bridgehead atoms. The highest BCUT2D eigenvalue weighted by molar-refractivity contribution is 5.91. The summed E-state index contributed by atoms with van der Waals surface area (Å²) >= 11 is 0. The van der Waals surface area contributed by atoms with E-state index in [2.05, 4.69) is 5.92 Å². The number of carboxylic acid groups (broad SMARTS) is 1. The third kappa shape index (κ3) is 2.64. The Morgan fingerprint density at radius 1 is 1.60 bits per heavy atom. The molecule has 0 amide bonds. The number of hydrogen-bond donors (Lipinski definition) is 1. The molecule has 0 atom stereocenters. The van der Waals surface area contributed by atoms with E-state index in [1.807, 2.05) is 0 Å². The van der Waals surface area contributed by atoms with Crippen LogP contribution in [-0.4, -0.2) is 24.8 Å². The van der Waals surface area contributed by atoms with E-state index in [-0.39, 0.29) is 17.9 Å². The molecule has 1 rings (SSSR count). The van der Waals surface area contributed by atoms with Crippen LogP contribution in [0.3, 0.4) is 0 Å². The molecule has 0 aliphatic heterocycles. The van der Waals surface area contributed by atoms with Gasteiger partial charge >= 0.3 is 5.97 Å². The van der Waals surface area contributed by atoms with Crippen LogP contribution in [0.5, 0.6) is 11.5 Å². The molecule has 1 aromatic rings. The number of hydrogen-bond acceptors (Lipinski definition) is 3. The Morgan fingerprint density at radius 3 is 2.87 bits per heavy atom. The van der Waals surface area contributed by atoms with Gasteiger partial charge in [-0.15, -0.1) is 6.42 Å². The summed E-state index contributed by atoms with van der Waals surface area (Å²) < 4.78 is 9.98. The average Bonchev–Trinajstić information content (AvgIpc) is 2.25. The van der Waals surface area contributed by atoms with Crippen molar-refractivity contribution in [1.82, 2.24) is 0 Å². The largest absolute Gasteiger partial charge is 0.496 e. The zero-order valence-corrected chi connectivity index (χ0v) is 8.19. The van der Waals surface area contributed by atoms with E-state index in [9.17, 15) is 4.79 Å². The molecule has 4 nitrogen and oxygen atoms in total. The zero-order chi connectivity index (χ0) is 11.3. The first-order chi connectivity index (χ1) is 7.19. The van der Waals surface area contributed by atoms with Crippen LogP contribution < -0.4 is 9.47 Å². The molecule has 1 aromatic carbocycles. The lowest BCUT2D eigenvalue weighted by molar-refractivity contribution is 0.0693. The first-order valence-electron chi connectivity index (χ1n) is 4.16. The number of rotatable bonds is 4. The molecular weight excluding hydrogens is 196 g/mol. The van der Waals surface area contributed by atoms with E-state index >= 15 is 0 Å². The van der Waals surface area contributed by atoms with E-state index in [0.29, 0.717) is 5.75 Å². The highest BCUT2D eigenvalue weighted by Crippen LogP contribution is 2.23. The third-order valence-electron chi connectivity index (χ3n) is 1.72. The molecule has 15 heavy (non-hydrogen) atoms. The summed E-state index contributed by atoms with van der Waals surface area (Å²) in [5.74, 6) is 1.92. The van der Waals surface area contributed by atoms with Gasteiger partial charge in [-0.25, -0.2) is 4.79 Å². The smallest absolute Gasteiger partial charge is 0.339 e. The van der Waals surface area contributed by atoms with Gasteiger partial charge in [0.15, 0.2) is 0 Å². The molecule has 0 saturated heterocycles. The van der Waals surface area contributed by atoms with Crippen molar-refractivity contribution in [3.05, 3.63) is 23.8 Å². The summed E-state index contributed by atoms with van der Waals surface area (Å²) in [6.07, 6.45) is 5.01. The Balaban J connectivity index is 3.00. The van der Waals surface area contributed by atoms with E-state index in [0.717, 1.165) is 0 Å². The fourth-order valence-electron chi connectivity index (χ4n) is 1.07. The minimum atomic E-state index is -1.07. The Hall–Kier alpha value is -2.15. The van der Waals surface area contributed by atoms with Crippen molar-refractivity contribution in [2.75, 3.05) is 13.7 Å². The number of benzene rings is 1. The maximum Gasteiger partial charge on any atom is 0.339 e. The van der Waals surface area contributed by atoms with Crippen molar-refractivity contribution in [1.29, 1.82) is 0 Å². The first kappa shape index (κ1) is 10.9. The van der Waals surface area contributed by atoms with Gasteiger partial charge in [0.05, 0.1) is 7.11 Å².